The summed E-state index contributed by atoms with van der Waals surface area (Å²) < 4.78 is 18.7. The van der Waals surface area contributed by atoms with Gasteiger partial charge in [0, 0.05) is 6.54 Å². The molecule has 3 nitrogen and oxygen atoms in total. The number of halogens is 2. The number of hydrogen-bond donors (Lipinski definition) is 1. The highest BCUT2D eigenvalue weighted by Gasteiger charge is 2.06. The molecular weight excluding hydrogens is 313 g/mol. The van der Waals surface area contributed by atoms with Crippen molar-refractivity contribution in [3.63, 3.8) is 0 Å². The number of unbranched alkanes of at least 4 members (excludes halogenated alkanes) is 3. The fourth-order valence-corrected chi connectivity index (χ4v) is 2.03. The van der Waals surface area contributed by atoms with Crippen molar-refractivity contribution in [2.75, 3.05) is 13.2 Å². The van der Waals surface area contributed by atoms with E-state index in [4.69, 9.17) is 4.74 Å². The molecule has 1 aromatic carbocycles. The van der Waals surface area contributed by atoms with Gasteiger partial charge in [-0.2, -0.15) is 0 Å². The Morgan fingerprint density at radius 2 is 2.16 bits per heavy atom. The van der Waals surface area contributed by atoms with Crippen LogP contribution in [-0.4, -0.2) is 19.1 Å². The summed E-state index contributed by atoms with van der Waals surface area (Å²) in [5.74, 6) is -0.0464. The molecule has 0 bridgehead atoms. The molecule has 0 unspecified atom stereocenters. The van der Waals surface area contributed by atoms with Crippen LogP contribution < -0.4 is 10.1 Å². The quantitative estimate of drug-likeness (QED) is 0.738. The molecule has 19 heavy (non-hydrogen) atoms. The van der Waals surface area contributed by atoms with Crippen LogP contribution in [0.15, 0.2) is 22.7 Å². The van der Waals surface area contributed by atoms with Gasteiger partial charge in [-0.25, -0.2) is 4.39 Å². The molecule has 1 rings (SSSR count). The first-order valence-electron chi connectivity index (χ1n) is 6.48. The van der Waals surface area contributed by atoms with Crippen LogP contribution in [0, 0.1) is 5.82 Å². The summed E-state index contributed by atoms with van der Waals surface area (Å²) in [6, 6.07) is 4.09. The van der Waals surface area contributed by atoms with Crippen molar-refractivity contribution in [3.8, 4) is 5.75 Å². The third-order valence-electron chi connectivity index (χ3n) is 2.61. The number of carbonyl (C=O) groups is 1. The monoisotopic (exact) mass is 331 g/mol. The zero-order valence-electron chi connectivity index (χ0n) is 11.0. The van der Waals surface area contributed by atoms with E-state index in [1.165, 1.54) is 31.0 Å². The van der Waals surface area contributed by atoms with Crippen LogP contribution in [0.4, 0.5) is 4.39 Å². The highest BCUT2D eigenvalue weighted by atomic mass is 79.9. The Balaban J connectivity index is 2.22. The molecule has 1 aromatic rings. The van der Waals surface area contributed by atoms with Crippen molar-refractivity contribution in [3.05, 3.63) is 28.5 Å². The average molecular weight is 332 g/mol. The number of rotatable bonds is 8. The Morgan fingerprint density at radius 3 is 2.84 bits per heavy atom. The summed E-state index contributed by atoms with van der Waals surface area (Å²) in [4.78, 5) is 11.5. The molecule has 0 radical (unpaired) electrons. The number of amides is 1. The summed E-state index contributed by atoms with van der Waals surface area (Å²) in [7, 11) is 0. The van der Waals surface area contributed by atoms with Gasteiger partial charge in [0.05, 0.1) is 4.47 Å². The van der Waals surface area contributed by atoms with Crippen LogP contribution in [0.1, 0.15) is 32.6 Å². The molecule has 0 fully saturated rings. The van der Waals surface area contributed by atoms with Crippen LogP contribution in [0.2, 0.25) is 0 Å². The summed E-state index contributed by atoms with van der Waals surface area (Å²) in [5, 5.41) is 2.79. The summed E-state index contributed by atoms with van der Waals surface area (Å²) in [6.45, 7) is 2.76. The van der Waals surface area contributed by atoms with Crippen molar-refractivity contribution in [1.82, 2.24) is 5.32 Å². The van der Waals surface area contributed by atoms with E-state index in [1.54, 1.807) is 0 Å². The third kappa shape index (κ3) is 6.57. The van der Waals surface area contributed by atoms with Gasteiger partial charge in [-0.15, -0.1) is 0 Å². The number of hydrogen-bond acceptors (Lipinski definition) is 2. The first-order valence-corrected chi connectivity index (χ1v) is 7.27. The maximum absolute atomic E-state index is 12.8. The van der Waals surface area contributed by atoms with Crippen molar-refractivity contribution in [2.45, 2.75) is 32.6 Å². The van der Waals surface area contributed by atoms with Crippen LogP contribution in [0.5, 0.6) is 5.75 Å². The van der Waals surface area contributed by atoms with Gasteiger partial charge in [0.1, 0.15) is 11.6 Å². The molecule has 5 heteroatoms. The molecule has 0 aliphatic rings. The van der Waals surface area contributed by atoms with Crippen LogP contribution in [0.25, 0.3) is 0 Å². The van der Waals surface area contributed by atoms with E-state index in [2.05, 4.69) is 28.2 Å². The van der Waals surface area contributed by atoms with Gasteiger partial charge < -0.3 is 10.1 Å². The van der Waals surface area contributed by atoms with E-state index >= 15 is 0 Å². The Labute approximate surface area is 121 Å². The Bertz CT molecular complexity index is 412. The topological polar surface area (TPSA) is 38.3 Å². The largest absolute Gasteiger partial charge is 0.483 e. The van der Waals surface area contributed by atoms with E-state index in [0.717, 1.165) is 12.8 Å². The lowest BCUT2D eigenvalue weighted by Gasteiger charge is -2.08. The SMILES string of the molecule is CCCCCCNC(=O)COc1ccc(F)cc1Br. The summed E-state index contributed by atoms with van der Waals surface area (Å²) >= 11 is 3.18. The van der Waals surface area contributed by atoms with Crippen LogP contribution in [0.3, 0.4) is 0 Å². The van der Waals surface area contributed by atoms with Crippen molar-refractivity contribution < 1.29 is 13.9 Å². The van der Waals surface area contributed by atoms with Gasteiger partial charge >= 0.3 is 0 Å². The highest BCUT2D eigenvalue weighted by molar-refractivity contribution is 9.10. The second-order valence-electron chi connectivity index (χ2n) is 4.27. The smallest absolute Gasteiger partial charge is 0.257 e. The van der Waals surface area contributed by atoms with Gasteiger partial charge in [-0.05, 0) is 40.5 Å². The molecule has 0 aliphatic carbocycles. The first kappa shape index (κ1) is 16.0. The minimum absolute atomic E-state index is 0.0575. The lowest BCUT2D eigenvalue weighted by Crippen LogP contribution is -2.29. The zero-order chi connectivity index (χ0) is 14.1. The van der Waals surface area contributed by atoms with E-state index in [-0.39, 0.29) is 18.3 Å². The van der Waals surface area contributed by atoms with Gasteiger partial charge in [-0.3, -0.25) is 4.79 Å². The Kier molecular flexibility index (Phi) is 7.48. The number of ether oxygens (including phenoxy) is 1. The maximum atomic E-state index is 12.8. The average Bonchev–Trinajstić information content (AvgIpc) is 2.37. The van der Waals surface area contributed by atoms with E-state index < -0.39 is 0 Å². The molecule has 0 heterocycles. The highest BCUT2D eigenvalue weighted by Crippen LogP contribution is 2.25. The Hall–Kier alpha value is -1.10. The van der Waals surface area contributed by atoms with Crippen molar-refractivity contribution in [1.29, 1.82) is 0 Å². The molecule has 0 spiro atoms. The van der Waals surface area contributed by atoms with E-state index in [1.807, 2.05) is 0 Å². The van der Waals surface area contributed by atoms with Crippen molar-refractivity contribution in [2.24, 2.45) is 0 Å². The van der Waals surface area contributed by atoms with Crippen LogP contribution >= 0.6 is 15.9 Å². The van der Waals surface area contributed by atoms with Gasteiger partial charge in [0.2, 0.25) is 0 Å². The Morgan fingerprint density at radius 1 is 1.37 bits per heavy atom. The van der Waals surface area contributed by atoms with Gasteiger partial charge in [0.25, 0.3) is 5.91 Å². The third-order valence-corrected chi connectivity index (χ3v) is 3.22. The molecule has 0 aromatic heterocycles. The van der Waals surface area contributed by atoms with Gasteiger partial charge in [-0.1, -0.05) is 26.2 Å². The molecule has 0 saturated heterocycles. The van der Waals surface area contributed by atoms with E-state index in [9.17, 15) is 9.18 Å². The van der Waals surface area contributed by atoms with Crippen LogP contribution in [-0.2, 0) is 4.79 Å². The first-order chi connectivity index (χ1) is 9.13. The second kappa shape index (κ2) is 8.91. The fraction of sp³-hybridized carbons (Fsp3) is 0.500. The lowest BCUT2D eigenvalue weighted by atomic mass is 10.2. The molecular formula is C14H19BrFNO2. The zero-order valence-corrected chi connectivity index (χ0v) is 12.6. The fourth-order valence-electron chi connectivity index (χ4n) is 1.57. The maximum Gasteiger partial charge on any atom is 0.257 e. The van der Waals surface area contributed by atoms with Crippen molar-refractivity contribution >= 4 is 21.8 Å². The molecule has 0 atom stereocenters. The second-order valence-corrected chi connectivity index (χ2v) is 5.13. The molecule has 1 amide bonds. The minimum atomic E-state index is -0.348. The molecule has 1 N–H and O–H groups in total. The molecule has 106 valence electrons. The van der Waals surface area contributed by atoms with E-state index in [0.29, 0.717) is 16.8 Å². The summed E-state index contributed by atoms with van der Waals surface area (Å²) in [6.07, 6.45) is 4.48. The minimum Gasteiger partial charge on any atom is -0.483 e. The number of benzene rings is 1. The predicted octanol–water partition coefficient (Wildman–Crippen LogP) is 3.66. The molecule has 0 aliphatic heterocycles. The normalized spacial score (nSPS) is 10.3. The predicted molar refractivity (Wildman–Crippen MR) is 76.7 cm³/mol. The molecule has 0 saturated carbocycles. The standard InChI is InChI=1S/C14H19BrFNO2/c1-2-3-4-5-8-17-14(18)10-19-13-7-6-11(16)9-12(13)15/h6-7,9H,2-5,8,10H2,1H3,(H,17,18). The number of carbonyl (C=O) groups excluding carboxylic acids is 1. The lowest BCUT2D eigenvalue weighted by molar-refractivity contribution is -0.123. The number of nitrogens with one attached hydrogen (secondary N) is 1. The summed E-state index contributed by atoms with van der Waals surface area (Å²) in [5.41, 5.74) is 0. The van der Waals surface area contributed by atoms with Gasteiger partial charge in [0.15, 0.2) is 6.61 Å².